The number of hydrogen-bond acceptors (Lipinski definition) is 4. The molecule has 182 valence electrons. The van der Waals surface area contributed by atoms with E-state index in [-0.39, 0.29) is 6.10 Å². The second-order valence-electron chi connectivity index (χ2n) is 8.73. The van der Waals surface area contributed by atoms with Crippen LogP contribution in [0.3, 0.4) is 0 Å². The summed E-state index contributed by atoms with van der Waals surface area (Å²) in [6.45, 7) is 6.83. The fraction of sp³-hybridized carbons (Fsp3) is 0.852. The Labute approximate surface area is 192 Å². The van der Waals surface area contributed by atoms with Crippen LogP contribution in [0, 0.1) is 0 Å². The maximum Gasteiger partial charge on any atom is 0.331 e. The molecule has 0 spiro atoms. The van der Waals surface area contributed by atoms with Crippen LogP contribution in [-0.4, -0.2) is 24.6 Å². The molecule has 0 aliphatic carbocycles. The molecule has 4 nitrogen and oxygen atoms in total. The summed E-state index contributed by atoms with van der Waals surface area (Å²) < 4.78 is 10.5. The first kappa shape index (κ1) is 29.7. The van der Waals surface area contributed by atoms with Crippen molar-refractivity contribution in [2.24, 2.45) is 0 Å². The Morgan fingerprint density at radius 1 is 0.581 bits per heavy atom. The summed E-state index contributed by atoms with van der Waals surface area (Å²) >= 11 is 0. The van der Waals surface area contributed by atoms with Gasteiger partial charge in [0.1, 0.15) is 6.10 Å². The van der Waals surface area contributed by atoms with Gasteiger partial charge in [0.15, 0.2) is 0 Å². The number of rotatable bonds is 22. The highest BCUT2D eigenvalue weighted by Crippen LogP contribution is 2.13. The van der Waals surface area contributed by atoms with Crippen LogP contribution in [0.25, 0.3) is 0 Å². The quantitative estimate of drug-likeness (QED) is 0.0973. The van der Waals surface area contributed by atoms with Crippen LogP contribution in [0.2, 0.25) is 0 Å². The van der Waals surface area contributed by atoms with Crippen LogP contribution in [0.5, 0.6) is 0 Å². The summed E-state index contributed by atoms with van der Waals surface area (Å²) in [4.78, 5) is 23.5. The molecule has 0 unspecified atom stereocenters. The Kier molecular flexibility index (Phi) is 22.4. The van der Waals surface area contributed by atoms with Crippen LogP contribution in [0.4, 0.5) is 0 Å². The van der Waals surface area contributed by atoms with Crippen molar-refractivity contribution in [1.82, 2.24) is 0 Å². The summed E-state index contributed by atoms with van der Waals surface area (Å²) in [5.41, 5.74) is 0. The molecule has 0 heterocycles. The average molecular weight is 439 g/mol. The van der Waals surface area contributed by atoms with E-state index in [1.54, 1.807) is 0 Å². The largest absolute Gasteiger partial charge is 0.463 e. The van der Waals surface area contributed by atoms with E-state index in [9.17, 15) is 9.59 Å². The fourth-order valence-electron chi connectivity index (χ4n) is 3.76. The van der Waals surface area contributed by atoms with Crippen molar-refractivity contribution in [2.45, 2.75) is 142 Å². The second-order valence-corrected chi connectivity index (χ2v) is 8.73. The molecule has 0 aliphatic rings. The molecule has 0 aromatic heterocycles. The standard InChI is InChI=1S/C27H50O4/c1-4-7-8-9-10-11-12-13-14-15-16-17-18-19-24-30-26(28)22-23-27(29)31-25(20-5-2)21-6-3/h22-23,25H,4-21,24H2,1-3H3/b23-22+. The Morgan fingerprint density at radius 2 is 1.00 bits per heavy atom. The molecule has 0 amide bonds. The molecule has 0 radical (unpaired) electrons. The van der Waals surface area contributed by atoms with Gasteiger partial charge in [0.2, 0.25) is 0 Å². The topological polar surface area (TPSA) is 52.6 Å². The molecule has 0 aliphatic heterocycles. The van der Waals surface area contributed by atoms with Gasteiger partial charge in [-0.15, -0.1) is 0 Å². The van der Waals surface area contributed by atoms with E-state index in [1.807, 2.05) is 0 Å². The number of esters is 2. The zero-order valence-electron chi connectivity index (χ0n) is 20.8. The molecule has 0 aromatic carbocycles. The van der Waals surface area contributed by atoms with Gasteiger partial charge in [-0.05, 0) is 19.3 Å². The van der Waals surface area contributed by atoms with Crippen molar-refractivity contribution in [2.75, 3.05) is 6.61 Å². The Hall–Kier alpha value is -1.32. The minimum Gasteiger partial charge on any atom is -0.463 e. The van der Waals surface area contributed by atoms with Crippen LogP contribution < -0.4 is 0 Å². The second kappa shape index (κ2) is 23.3. The van der Waals surface area contributed by atoms with Crippen molar-refractivity contribution >= 4 is 11.9 Å². The van der Waals surface area contributed by atoms with Gasteiger partial charge in [-0.25, -0.2) is 9.59 Å². The molecule has 0 saturated carbocycles. The zero-order valence-corrected chi connectivity index (χ0v) is 20.8. The van der Waals surface area contributed by atoms with E-state index in [0.717, 1.165) is 38.5 Å². The Bertz CT molecular complexity index is 439. The van der Waals surface area contributed by atoms with Crippen molar-refractivity contribution < 1.29 is 19.1 Å². The Balaban J connectivity index is 3.51. The molecule has 0 aromatic rings. The van der Waals surface area contributed by atoms with E-state index in [1.165, 1.54) is 89.2 Å². The number of hydrogen-bond donors (Lipinski definition) is 0. The first-order valence-corrected chi connectivity index (χ1v) is 13.2. The molecular formula is C27H50O4. The summed E-state index contributed by atoms with van der Waals surface area (Å²) in [6, 6.07) is 0. The van der Waals surface area contributed by atoms with Gasteiger partial charge in [-0.1, -0.05) is 117 Å². The van der Waals surface area contributed by atoms with E-state index < -0.39 is 11.9 Å². The van der Waals surface area contributed by atoms with Gasteiger partial charge < -0.3 is 9.47 Å². The van der Waals surface area contributed by atoms with Crippen molar-refractivity contribution in [3.05, 3.63) is 12.2 Å². The van der Waals surface area contributed by atoms with Crippen LogP contribution in [0.15, 0.2) is 12.2 Å². The maximum absolute atomic E-state index is 11.8. The van der Waals surface area contributed by atoms with Gasteiger partial charge in [0.05, 0.1) is 6.61 Å². The third-order valence-corrected chi connectivity index (χ3v) is 5.60. The SMILES string of the molecule is CCCCCCCCCCCCCCCCOC(=O)/C=C/C(=O)OC(CCC)CCC. The molecule has 0 bridgehead atoms. The summed E-state index contributed by atoms with van der Waals surface area (Å²) in [7, 11) is 0. The molecular weight excluding hydrogens is 388 g/mol. The van der Waals surface area contributed by atoms with Crippen molar-refractivity contribution in [1.29, 1.82) is 0 Å². The highest BCUT2D eigenvalue weighted by Gasteiger charge is 2.11. The molecule has 0 N–H and O–H groups in total. The highest BCUT2D eigenvalue weighted by atomic mass is 16.5. The van der Waals surface area contributed by atoms with Crippen LogP contribution in [0.1, 0.15) is 136 Å². The number of unbranched alkanes of at least 4 members (excludes halogenated alkanes) is 13. The molecule has 4 heteroatoms. The molecule has 0 rings (SSSR count). The maximum atomic E-state index is 11.8. The van der Waals surface area contributed by atoms with Gasteiger partial charge in [0.25, 0.3) is 0 Å². The van der Waals surface area contributed by atoms with Gasteiger partial charge in [0, 0.05) is 12.2 Å². The van der Waals surface area contributed by atoms with E-state index in [2.05, 4.69) is 20.8 Å². The lowest BCUT2D eigenvalue weighted by atomic mass is 10.0. The monoisotopic (exact) mass is 438 g/mol. The number of carbonyl (C=O) groups is 2. The van der Waals surface area contributed by atoms with Crippen LogP contribution in [-0.2, 0) is 19.1 Å². The van der Waals surface area contributed by atoms with E-state index in [0.29, 0.717) is 6.61 Å². The van der Waals surface area contributed by atoms with Gasteiger partial charge in [-0.3, -0.25) is 0 Å². The zero-order chi connectivity index (χ0) is 23.0. The van der Waals surface area contributed by atoms with Gasteiger partial charge >= 0.3 is 11.9 Å². The molecule has 31 heavy (non-hydrogen) atoms. The first-order chi connectivity index (χ1) is 15.1. The lowest BCUT2D eigenvalue weighted by Crippen LogP contribution is -2.16. The van der Waals surface area contributed by atoms with E-state index in [4.69, 9.17) is 9.47 Å². The third-order valence-electron chi connectivity index (χ3n) is 5.60. The summed E-state index contributed by atoms with van der Waals surface area (Å²) in [5, 5.41) is 0. The number of ether oxygens (including phenoxy) is 2. The smallest absolute Gasteiger partial charge is 0.331 e. The minimum atomic E-state index is -0.464. The van der Waals surface area contributed by atoms with E-state index >= 15 is 0 Å². The predicted molar refractivity (Wildman–Crippen MR) is 130 cm³/mol. The fourth-order valence-corrected chi connectivity index (χ4v) is 3.76. The predicted octanol–water partition coefficient (Wildman–Crippen LogP) is 8.08. The first-order valence-electron chi connectivity index (χ1n) is 13.2. The Morgan fingerprint density at radius 3 is 1.45 bits per heavy atom. The third kappa shape index (κ3) is 21.7. The van der Waals surface area contributed by atoms with Crippen LogP contribution >= 0.6 is 0 Å². The van der Waals surface area contributed by atoms with Crippen molar-refractivity contribution in [3.63, 3.8) is 0 Å². The minimum absolute atomic E-state index is 0.0567. The summed E-state index contributed by atoms with van der Waals surface area (Å²) in [6.07, 6.45) is 24.2. The molecule has 0 fully saturated rings. The normalized spacial score (nSPS) is 11.4. The molecule has 0 saturated heterocycles. The average Bonchev–Trinajstić information content (AvgIpc) is 2.75. The molecule has 0 atom stereocenters. The summed E-state index contributed by atoms with van der Waals surface area (Å²) in [5.74, 6) is -0.922. The lowest BCUT2D eigenvalue weighted by Gasteiger charge is -2.14. The number of carbonyl (C=O) groups excluding carboxylic acids is 2. The highest BCUT2D eigenvalue weighted by molar-refractivity contribution is 5.91. The van der Waals surface area contributed by atoms with Crippen molar-refractivity contribution in [3.8, 4) is 0 Å². The lowest BCUT2D eigenvalue weighted by molar-refractivity contribution is -0.144. The van der Waals surface area contributed by atoms with Gasteiger partial charge in [-0.2, -0.15) is 0 Å².